The molecule has 1 N–H and O–H groups in total. The summed E-state index contributed by atoms with van der Waals surface area (Å²) in [5, 5.41) is 2.93. The summed E-state index contributed by atoms with van der Waals surface area (Å²) in [4.78, 5) is 20.8. The number of piperazine rings is 1. The number of amides is 1. The molecule has 120 valence electrons. The molecule has 1 fully saturated rings. The van der Waals surface area contributed by atoms with Crippen LogP contribution < -0.4 is 10.2 Å². The summed E-state index contributed by atoms with van der Waals surface area (Å²) < 4.78 is 0. The molecule has 3 rings (SSSR count). The first-order valence-corrected chi connectivity index (χ1v) is 8.00. The lowest BCUT2D eigenvalue weighted by Gasteiger charge is -2.35. The third kappa shape index (κ3) is 4.53. The van der Waals surface area contributed by atoms with Gasteiger partial charge in [0.05, 0.1) is 18.8 Å². The molecule has 1 amide bonds. The van der Waals surface area contributed by atoms with E-state index in [2.05, 4.69) is 44.4 Å². The quantitative estimate of drug-likeness (QED) is 0.910. The second-order valence-corrected chi connectivity index (χ2v) is 5.70. The number of hydrogen-bond donors (Lipinski definition) is 1. The van der Waals surface area contributed by atoms with Gasteiger partial charge in [-0.05, 0) is 24.3 Å². The van der Waals surface area contributed by atoms with Crippen LogP contribution in [0.4, 0.5) is 5.69 Å². The maximum Gasteiger partial charge on any atom is 0.234 e. The monoisotopic (exact) mass is 310 g/mol. The van der Waals surface area contributed by atoms with E-state index in [-0.39, 0.29) is 5.91 Å². The Morgan fingerprint density at radius 3 is 2.43 bits per heavy atom. The fraction of sp³-hybridized carbons (Fsp3) is 0.333. The van der Waals surface area contributed by atoms with Gasteiger partial charge >= 0.3 is 0 Å². The van der Waals surface area contributed by atoms with Crippen molar-refractivity contribution in [2.75, 3.05) is 37.6 Å². The molecule has 5 nitrogen and oxygen atoms in total. The fourth-order valence-electron chi connectivity index (χ4n) is 2.75. The van der Waals surface area contributed by atoms with Crippen molar-refractivity contribution >= 4 is 11.6 Å². The first kappa shape index (κ1) is 15.5. The van der Waals surface area contributed by atoms with Gasteiger partial charge in [0.2, 0.25) is 5.91 Å². The van der Waals surface area contributed by atoms with E-state index in [4.69, 9.17) is 0 Å². The number of carbonyl (C=O) groups excluding carboxylic acids is 1. The first-order valence-electron chi connectivity index (χ1n) is 8.00. The average Bonchev–Trinajstić information content (AvgIpc) is 2.62. The van der Waals surface area contributed by atoms with Gasteiger partial charge in [0, 0.05) is 38.1 Å². The molecule has 1 aliphatic rings. The average molecular weight is 310 g/mol. The Labute approximate surface area is 136 Å². The van der Waals surface area contributed by atoms with Crippen molar-refractivity contribution in [3.8, 4) is 0 Å². The normalized spacial score (nSPS) is 15.4. The van der Waals surface area contributed by atoms with Gasteiger partial charge < -0.3 is 10.2 Å². The van der Waals surface area contributed by atoms with Crippen LogP contribution in [0, 0.1) is 0 Å². The minimum atomic E-state index is 0.0591. The van der Waals surface area contributed by atoms with Crippen LogP contribution in [0.1, 0.15) is 5.69 Å². The molecule has 0 bridgehead atoms. The van der Waals surface area contributed by atoms with E-state index in [1.54, 1.807) is 6.20 Å². The molecule has 5 heteroatoms. The van der Waals surface area contributed by atoms with E-state index in [1.165, 1.54) is 5.69 Å². The summed E-state index contributed by atoms with van der Waals surface area (Å²) in [6.07, 6.45) is 1.74. The molecule has 0 unspecified atom stereocenters. The van der Waals surface area contributed by atoms with Crippen LogP contribution in [0.2, 0.25) is 0 Å². The maximum absolute atomic E-state index is 12.0. The highest BCUT2D eigenvalue weighted by Gasteiger charge is 2.18. The van der Waals surface area contributed by atoms with Crippen molar-refractivity contribution in [1.29, 1.82) is 0 Å². The summed E-state index contributed by atoms with van der Waals surface area (Å²) in [6, 6.07) is 16.1. The molecular formula is C18H22N4O. The van der Waals surface area contributed by atoms with Crippen LogP contribution in [-0.4, -0.2) is 48.5 Å². The maximum atomic E-state index is 12.0. The van der Waals surface area contributed by atoms with E-state index in [1.807, 2.05) is 24.3 Å². The van der Waals surface area contributed by atoms with Gasteiger partial charge in [-0.25, -0.2) is 0 Å². The Balaban J connectivity index is 1.41. The largest absolute Gasteiger partial charge is 0.369 e. The van der Waals surface area contributed by atoms with Gasteiger partial charge in [-0.15, -0.1) is 0 Å². The molecule has 0 atom stereocenters. The van der Waals surface area contributed by atoms with Crippen LogP contribution in [0.25, 0.3) is 0 Å². The molecule has 1 saturated heterocycles. The Morgan fingerprint density at radius 2 is 1.74 bits per heavy atom. The molecular weight excluding hydrogens is 288 g/mol. The molecule has 2 aromatic rings. The highest BCUT2D eigenvalue weighted by atomic mass is 16.2. The number of anilines is 1. The summed E-state index contributed by atoms with van der Waals surface area (Å²) in [6.45, 7) is 4.67. The number of para-hydroxylation sites is 1. The van der Waals surface area contributed by atoms with E-state index in [0.29, 0.717) is 13.1 Å². The Kier molecular flexibility index (Phi) is 5.21. The topological polar surface area (TPSA) is 48.5 Å². The lowest BCUT2D eigenvalue weighted by atomic mass is 10.2. The molecule has 23 heavy (non-hydrogen) atoms. The standard InChI is InChI=1S/C18H22N4O/c23-18(20-14-16-6-4-5-9-19-16)15-21-10-12-22(13-11-21)17-7-2-1-3-8-17/h1-9H,10-15H2,(H,20,23). The Bertz CT molecular complexity index is 609. The molecule has 0 radical (unpaired) electrons. The van der Waals surface area contributed by atoms with Crippen molar-refractivity contribution in [1.82, 2.24) is 15.2 Å². The molecule has 2 heterocycles. The summed E-state index contributed by atoms with van der Waals surface area (Å²) in [5.74, 6) is 0.0591. The van der Waals surface area contributed by atoms with Gasteiger partial charge in [-0.1, -0.05) is 24.3 Å². The number of nitrogens with zero attached hydrogens (tertiary/aromatic N) is 3. The first-order chi connectivity index (χ1) is 11.3. The zero-order valence-electron chi connectivity index (χ0n) is 13.2. The molecule has 0 spiro atoms. The van der Waals surface area contributed by atoms with Crippen LogP contribution in [0.5, 0.6) is 0 Å². The SMILES string of the molecule is O=C(CN1CCN(c2ccccc2)CC1)NCc1ccccn1. The number of hydrogen-bond acceptors (Lipinski definition) is 4. The predicted octanol–water partition coefficient (Wildman–Crippen LogP) is 1.52. The number of carbonyl (C=O) groups is 1. The van der Waals surface area contributed by atoms with Crippen LogP contribution in [0.15, 0.2) is 54.7 Å². The number of pyridine rings is 1. The van der Waals surface area contributed by atoms with Crippen LogP contribution in [0.3, 0.4) is 0 Å². The Hall–Kier alpha value is -2.40. The van der Waals surface area contributed by atoms with Gasteiger partial charge in [0.25, 0.3) is 0 Å². The van der Waals surface area contributed by atoms with Crippen molar-refractivity contribution in [2.45, 2.75) is 6.54 Å². The lowest BCUT2D eigenvalue weighted by molar-refractivity contribution is -0.122. The summed E-state index contributed by atoms with van der Waals surface area (Å²) in [7, 11) is 0. The highest BCUT2D eigenvalue weighted by molar-refractivity contribution is 5.78. The van der Waals surface area contributed by atoms with E-state index >= 15 is 0 Å². The fourth-order valence-corrected chi connectivity index (χ4v) is 2.75. The molecule has 0 saturated carbocycles. The molecule has 1 aliphatic heterocycles. The van der Waals surface area contributed by atoms with Crippen LogP contribution >= 0.6 is 0 Å². The van der Waals surface area contributed by atoms with E-state index < -0.39 is 0 Å². The summed E-state index contributed by atoms with van der Waals surface area (Å²) in [5.41, 5.74) is 2.14. The second kappa shape index (κ2) is 7.74. The highest BCUT2D eigenvalue weighted by Crippen LogP contribution is 2.15. The molecule has 0 aliphatic carbocycles. The predicted molar refractivity (Wildman–Crippen MR) is 91.2 cm³/mol. The third-order valence-corrected chi connectivity index (χ3v) is 4.05. The van der Waals surface area contributed by atoms with Crippen molar-refractivity contribution in [3.05, 3.63) is 60.4 Å². The zero-order chi connectivity index (χ0) is 15.9. The van der Waals surface area contributed by atoms with Gasteiger partial charge in [0.1, 0.15) is 0 Å². The van der Waals surface area contributed by atoms with Crippen molar-refractivity contribution < 1.29 is 4.79 Å². The summed E-state index contributed by atoms with van der Waals surface area (Å²) >= 11 is 0. The third-order valence-electron chi connectivity index (χ3n) is 4.05. The van der Waals surface area contributed by atoms with E-state index in [9.17, 15) is 4.79 Å². The second-order valence-electron chi connectivity index (χ2n) is 5.70. The number of aromatic nitrogens is 1. The van der Waals surface area contributed by atoms with Crippen molar-refractivity contribution in [3.63, 3.8) is 0 Å². The smallest absolute Gasteiger partial charge is 0.234 e. The van der Waals surface area contributed by atoms with Crippen LogP contribution in [-0.2, 0) is 11.3 Å². The minimum absolute atomic E-state index is 0.0591. The minimum Gasteiger partial charge on any atom is -0.369 e. The van der Waals surface area contributed by atoms with Gasteiger partial charge in [0.15, 0.2) is 0 Å². The lowest BCUT2D eigenvalue weighted by Crippen LogP contribution is -2.49. The Morgan fingerprint density at radius 1 is 1.00 bits per heavy atom. The molecule has 1 aromatic heterocycles. The van der Waals surface area contributed by atoms with Gasteiger partial charge in [-0.2, -0.15) is 0 Å². The zero-order valence-corrected chi connectivity index (χ0v) is 13.2. The van der Waals surface area contributed by atoms with Crippen molar-refractivity contribution in [2.24, 2.45) is 0 Å². The van der Waals surface area contributed by atoms with Gasteiger partial charge in [-0.3, -0.25) is 14.7 Å². The number of benzene rings is 1. The number of nitrogens with one attached hydrogen (secondary N) is 1. The number of rotatable bonds is 5. The molecule has 1 aromatic carbocycles. The van der Waals surface area contributed by atoms with E-state index in [0.717, 1.165) is 31.9 Å².